The summed E-state index contributed by atoms with van der Waals surface area (Å²) in [5.74, 6) is 0.878. The third-order valence-corrected chi connectivity index (χ3v) is 5.18. The molecule has 26 heavy (non-hydrogen) atoms. The zero-order valence-electron chi connectivity index (χ0n) is 15.9. The van der Waals surface area contributed by atoms with Crippen LogP contribution >= 0.6 is 0 Å². The number of rotatable bonds is 7. The van der Waals surface area contributed by atoms with Crippen molar-refractivity contribution in [2.75, 3.05) is 7.11 Å². The molecule has 0 saturated carbocycles. The van der Waals surface area contributed by atoms with Crippen LogP contribution in [0.3, 0.4) is 0 Å². The SMILES string of the molecule is CC/C=C\CC1=C(C)CCC1NC(=O)Cc1c[nH]c2ccc(OC)cc12. The average molecular weight is 352 g/mol. The number of aromatic amines is 1. The topological polar surface area (TPSA) is 54.1 Å². The Morgan fingerprint density at radius 2 is 2.23 bits per heavy atom. The van der Waals surface area contributed by atoms with Gasteiger partial charge < -0.3 is 15.0 Å². The molecule has 0 aliphatic heterocycles. The molecule has 4 nitrogen and oxygen atoms in total. The van der Waals surface area contributed by atoms with Crippen LogP contribution in [0.4, 0.5) is 0 Å². The van der Waals surface area contributed by atoms with Crippen molar-refractivity contribution < 1.29 is 9.53 Å². The van der Waals surface area contributed by atoms with E-state index in [2.05, 4.69) is 36.3 Å². The van der Waals surface area contributed by atoms with E-state index in [-0.39, 0.29) is 11.9 Å². The number of benzene rings is 1. The molecule has 0 bridgehead atoms. The number of hydrogen-bond donors (Lipinski definition) is 2. The Bertz CT molecular complexity index is 845. The van der Waals surface area contributed by atoms with Crippen molar-refractivity contribution >= 4 is 16.8 Å². The van der Waals surface area contributed by atoms with E-state index in [0.717, 1.165) is 47.9 Å². The molecule has 1 heterocycles. The smallest absolute Gasteiger partial charge is 0.224 e. The Hall–Kier alpha value is -2.49. The summed E-state index contributed by atoms with van der Waals surface area (Å²) in [6.07, 6.45) is 10.8. The quantitative estimate of drug-likeness (QED) is 0.712. The van der Waals surface area contributed by atoms with Gasteiger partial charge >= 0.3 is 0 Å². The van der Waals surface area contributed by atoms with Crippen LogP contribution in [0.2, 0.25) is 0 Å². The number of H-pyrrole nitrogens is 1. The van der Waals surface area contributed by atoms with Gasteiger partial charge in [0.25, 0.3) is 0 Å². The molecular formula is C22H28N2O2. The first-order chi connectivity index (χ1) is 12.6. The van der Waals surface area contributed by atoms with Crippen LogP contribution in [0.1, 0.15) is 45.1 Å². The van der Waals surface area contributed by atoms with Gasteiger partial charge in [-0.2, -0.15) is 0 Å². The molecule has 1 aromatic carbocycles. The zero-order chi connectivity index (χ0) is 18.5. The van der Waals surface area contributed by atoms with Gasteiger partial charge in [-0.3, -0.25) is 4.79 Å². The Kier molecular flexibility index (Phi) is 5.82. The first-order valence-electron chi connectivity index (χ1n) is 9.39. The van der Waals surface area contributed by atoms with Gasteiger partial charge in [0.1, 0.15) is 5.75 Å². The van der Waals surface area contributed by atoms with Gasteiger partial charge in [-0.15, -0.1) is 0 Å². The summed E-state index contributed by atoms with van der Waals surface area (Å²) in [7, 11) is 1.66. The summed E-state index contributed by atoms with van der Waals surface area (Å²) in [6.45, 7) is 4.33. The van der Waals surface area contributed by atoms with Gasteiger partial charge in [0.2, 0.25) is 5.91 Å². The number of fused-ring (bicyclic) bond motifs is 1. The Balaban J connectivity index is 1.68. The maximum absolute atomic E-state index is 12.6. The summed E-state index contributed by atoms with van der Waals surface area (Å²) in [4.78, 5) is 15.9. The fourth-order valence-electron chi connectivity index (χ4n) is 3.69. The van der Waals surface area contributed by atoms with Gasteiger partial charge in [-0.05, 0) is 61.9 Å². The Labute approximate surface area is 155 Å². The molecule has 0 saturated heterocycles. The summed E-state index contributed by atoms with van der Waals surface area (Å²) in [5.41, 5.74) is 4.83. The van der Waals surface area contributed by atoms with Crippen LogP contribution in [0.15, 0.2) is 47.7 Å². The van der Waals surface area contributed by atoms with E-state index in [4.69, 9.17) is 4.74 Å². The number of amides is 1. The van der Waals surface area contributed by atoms with E-state index in [1.807, 2.05) is 24.4 Å². The molecule has 1 atom stereocenters. The molecule has 3 rings (SSSR count). The van der Waals surface area contributed by atoms with Crippen molar-refractivity contribution in [2.45, 2.75) is 52.0 Å². The highest BCUT2D eigenvalue weighted by Gasteiger charge is 2.24. The largest absolute Gasteiger partial charge is 0.497 e. The first-order valence-corrected chi connectivity index (χ1v) is 9.39. The van der Waals surface area contributed by atoms with Gasteiger partial charge in [0, 0.05) is 17.1 Å². The summed E-state index contributed by atoms with van der Waals surface area (Å²) >= 11 is 0. The number of aromatic nitrogens is 1. The number of allylic oxidation sites excluding steroid dienone is 3. The molecule has 1 amide bonds. The lowest BCUT2D eigenvalue weighted by atomic mass is 10.0. The van der Waals surface area contributed by atoms with Crippen molar-refractivity contribution in [3.63, 3.8) is 0 Å². The highest BCUT2D eigenvalue weighted by Crippen LogP contribution is 2.29. The number of methoxy groups -OCH3 is 1. The number of carbonyl (C=O) groups excluding carboxylic acids is 1. The lowest BCUT2D eigenvalue weighted by Crippen LogP contribution is -2.35. The van der Waals surface area contributed by atoms with E-state index in [1.165, 1.54) is 11.1 Å². The molecule has 0 fully saturated rings. The number of nitrogens with one attached hydrogen (secondary N) is 2. The van der Waals surface area contributed by atoms with Crippen molar-refractivity contribution in [1.82, 2.24) is 10.3 Å². The molecule has 1 unspecified atom stereocenters. The van der Waals surface area contributed by atoms with E-state index in [1.54, 1.807) is 7.11 Å². The number of ether oxygens (including phenoxy) is 1. The molecule has 2 aromatic rings. The van der Waals surface area contributed by atoms with Gasteiger partial charge in [-0.25, -0.2) is 0 Å². The fraction of sp³-hybridized carbons (Fsp3) is 0.409. The molecule has 4 heteroatoms. The molecule has 1 aliphatic rings. The van der Waals surface area contributed by atoms with E-state index < -0.39 is 0 Å². The van der Waals surface area contributed by atoms with Crippen LogP contribution in [0, 0.1) is 0 Å². The van der Waals surface area contributed by atoms with Crippen molar-refractivity contribution in [2.24, 2.45) is 0 Å². The lowest BCUT2D eigenvalue weighted by Gasteiger charge is -2.16. The van der Waals surface area contributed by atoms with E-state index in [0.29, 0.717) is 6.42 Å². The molecule has 0 spiro atoms. The van der Waals surface area contributed by atoms with Crippen LogP contribution in [-0.2, 0) is 11.2 Å². The fourth-order valence-corrected chi connectivity index (χ4v) is 3.69. The Morgan fingerprint density at radius 1 is 1.38 bits per heavy atom. The second-order valence-electron chi connectivity index (χ2n) is 6.95. The molecule has 1 aliphatic carbocycles. The highest BCUT2D eigenvalue weighted by molar-refractivity contribution is 5.90. The molecule has 2 N–H and O–H groups in total. The first kappa shape index (κ1) is 18.3. The van der Waals surface area contributed by atoms with Crippen LogP contribution in [-0.4, -0.2) is 24.0 Å². The van der Waals surface area contributed by atoms with Crippen LogP contribution in [0.25, 0.3) is 10.9 Å². The highest BCUT2D eigenvalue weighted by atomic mass is 16.5. The molecule has 1 aromatic heterocycles. The van der Waals surface area contributed by atoms with E-state index >= 15 is 0 Å². The second-order valence-corrected chi connectivity index (χ2v) is 6.95. The van der Waals surface area contributed by atoms with Crippen molar-refractivity contribution in [3.8, 4) is 5.75 Å². The summed E-state index contributed by atoms with van der Waals surface area (Å²) in [6, 6.07) is 6.06. The van der Waals surface area contributed by atoms with Gasteiger partial charge in [0.05, 0.1) is 19.6 Å². The monoisotopic (exact) mass is 352 g/mol. The predicted molar refractivity (Wildman–Crippen MR) is 106 cm³/mol. The maximum atomic E-state index is 12.6. The van der Waals surface area contributed by atoms with Crippen molar-refractivity contribution in [1.29, 1.82) is 0 Å². The normalized spacial score (nSPS) is 17.4. The molecule has 0 radical (unpaired) electrons. The summed E-state index contributed by atoms with van der Waals surface area (Å²) in [5, 5.41) is 4.29. The third-order valence-electron chi connectivity index (χ3n) is 5.18. The minimum atomic E-state index is 0.0744. The second kappa shape index (κ2) is 8.26. The lowest BCUT2D eigenvalue weighted by molar-refractivity contribution is -0.120. The molecular weight excluding hydrogens is 324 g/mol. The minimum Gasteiger partial charge on any atom is -0.497 e. The number of hydrogen-bond acceptors (Lipinski definition) is 2. The minimum absolute atomic E-state index is 0.0744. The predicted octanol–water partition coefficient (Wildman–Crippen LogP) is 4.67. The van der Waals surface area contributed by atoms with Gasteiger partial charge in [0.15, 0.2) is 0 Å². The number of carbonyl (C=O) groups is 1. The van der Waals surface area contributed by atoms with Gasteiger partial charge in [-0.1, -0.05) is 24.6 Å². The zero-order valence-corrected chi connectivity index (χ0v) is 15.9. The van der Waals surface area contributed by atoms with E-state index in [9.17, 15) is 4.79 Å². The average Bonchev–Trinajstić information content (AvgIpc) is 3.19. The van der Waals surface area contributed by atoms with Crippen LogP contribution in [0.5, 0.6) is 5.75 Å². The molecule has 138 valence electrons. The van der Waals surface area contributed by atoms with Crippen LogP contribution < -0.4 is 10.1 Å². The van der Waals surface area contributed by atoms with Crippen molar-refractivity contribution in [3.05, 3.63) is 53.3 Å². The standard InChI is InChI=1S/C22H28N2O2/c1-4-5-6-7-18-15(2)8-10-21(18)24-22(25)12-16-14-23-20-11-9-17(26-3)13-19(16)20/h5-6,9,11,13-14,21,23H,4,7-8,10,12H2,1-3H3,(H,24,25)/b6-5-. The third kappa shape index (κ3) is 4.01. The summed E-state index contributed by atoms with van der Waals surface area (Å²) < 4.78 is 5.30. The Morgan fingerprint density at radius 3 is 3.00 bits per heavy atom. The maximum Gasteiger partial charge on any atom is 0.224 e.